The van der Waals surface area contributed by atoms with Gasteiger partial charge in [-0.15, -0.1) is 0 Å². The molecule has 3 heterocycles. The third kappa shape index (κ3) is 4.70. The van der Waals surface area contributed by atoms with Crippen molar-refractivity contribution in [1.82, 2.24) is 15.0 Å². The zero-order chi connectivity index (χ0) is 22.5. The maximum atomic E-state index is 12.3. The molecule has 0 unspecified atom stereocenters. The fourth-order valence-electron chi connectivity index (χ4n) is 3.28. The van der Waals surface area contributed by atoms with E-state index in [2.05, 4.69) is 20.3 Å². The van der Waals surface area contributed by atoms with E-state index >= 15 is 0 Å². The maximum Gasteiger partial charge on any atom is 0.299 e. The van der Waals surface area contributed by atoms with Crippen LogP contribution in [0.2, 0.25) is 0 Å². The van der Waals surface area contributed by atoms with E-state index in [9.17, 15) is 4.79 Å². The van der Waals surface area contributed by atoms with E-state index < -0.39 is 0 Å². The first kappa shape index (κ1) is 21.3. The van der Waals surface area contributed by atoms with Gasteiger partial charge >= 0.3 is 0 Å². The molecule has 8 nitrogen and oxygen atoms in total. The lowest BCUT2D eigenvalue weighted by atomic mass is 10.1. The molecule has 0 bridgehead atoms. The summed E-state index contributed by atoms with van der Waals surface area (Å²) in [5.41, 5.74) is 4.32. The molecule has 32 heavy (non-hydrogen) atoms. The van der Waals surface area contributed by atoms with E-state index in [1.54, 1.807) is 24.7 Å². The molecule has 8 heteroatoms. The highest BCUT2D eigenvalue weighted by Crippen LogP contribution is 2.29. The molecule has 0 aliphatic heterocycles. The molecule has 3 aromatic heterocycles. The number of aliphatic hydroxyl groups excluding tert-OH is 1. The Morgan fingerprint density at radius 1 is 1.12 bits per heavy atom. The number of aliphatic hydroxyl groups is 1. The number of hydrogen-bond donors (Lipinski definition) is 3. The third-order valence-electron chi connectivity index (χ3n) is 5.00. The molecular weight excluding hydrogens is 408 g/mol. The molecule has 0 fully saturated rings. The van der Waals surface area contributed by atoms with Crippen molar-refractivity contribution in [2.45, 2.75) is 20.3 Å². The van der Waals surface area contributed by atoms with E-state index in [1.165, 1.54) is 0 Å². The maximum absolute atomic E-state index is 12.3. The van der Waals surface area contributed by atoms with E-state index in [0.29, 0.717) is 41.8 Å². The van der Waals surface area contributed by atoms with E-state index in [4.69, 9.17) is 14.3 Å². The Balaban J connectivity index is 1.56. The fraction of sp³-hybridized carbons (Fsp3) is 0.208. The second kappa shape index (κ2) is 9.49. The number of pyridine rings is 2. The molecule has 4 rings (SSSR count). The Morgan fingerprint density at radius 3 is 2.81 bits per heavy atom. The Hall–Kier alpha value is -3.91. The van der Waals surface area contributed by atoms with Gasteiger partial charge < -0.3 is 24.6 Å². The lowest BCUT2D eigenvalue weighted by molar-refractivity contribution is 0.233. The van der Waals surface area contributed by atoms with E-state index in [-0.39, 0.29) is 12.2 Å². The van der Waals surface area contributed by atoms with Gasteiger partial charge in [-0.2, -0.15) is 0 Å². The molecule has 4 aromatic rings. The highest BCUT2D eigenvalue weighted by molar-refractivity contribution is 5.69. The minimum absolute atomic E-state index is 0.0883. The number of nitrogens with zero attached hydrogens (tertiary/aromatic N) is 2. The predicted octanol–water partition coefficient (Wildman–Crippen LogP) is 4.21. The SMILES string of the molecule is Cc1ccc(OCCCO)cc1Nc1ncc(-c2ccnc(-c3c(C)cc[nH]c3=O)c2)o1. The summed E-state index contributed by atoms with van der Waals surface area (Å²) in [4.78, 5) is 23.7. The number of ether oxygens (including phenoxy) is 1. The van der Waals surface area contributed by atoms with Gasteiger partial charge in [-0.1, -0.05) is 6.07 Å². The highest BCUT2D eigenvalue weighted by Gasteiger charge is 2.13. The molecule has 0 atom stereocenters. The Kier molecular flexibility index (Phi) is 6.32. The third-order valence-corrected chi connectivity index (χ3v) is 5.00. The molecule has 1 aromatic carbocycles. The lowest BCUT2D eigenvalue weighted by Gasteiger charge is -2.10. The van der Waals surface area contributed by atoms with Crippen molar-refractivity contribution in [3.63, 3.8) is 0 Å². The van der Waals surface area contributed by atoms with Gasteiger partial charge in [-0.25, -0.2) is 4.98 Å². The number of benzene rings is 1. The van der Waals surface area contributed by atoms with Crippen LogP contribution in [0.25, 0.3) is 22.6 Å². The van der Waals surface area contributed by atoms with Gasteiger partial charge in [0.25, 0.3) is 11.6 Å². The number of H-pyrrole nitrogens is 1. The van der Waals surface area contributed by atoms with Crippen LogP contribution >= 0.6 is 0 Å². The van der Waals surface area contributed by atoms with E-state index in [1.807, 2.05) is 44.2 Å². The van der Waals surface area contributed by atoms with Gasteiger partial charge in [0.15, 0.2) is 5.76 Å². The molecule has 0 saturated carbocycles. The minimum atomic E-state index is -0.189. The van der Waals surface area contributed by atoms with Crippen molar-refractivity contribution in [2.75, 3.05) is 18.5 Å². The minimum Gasteiger partial charge on any atom is -0.493 e. The molecular formula is C24H24N4O4. The Morgan fingerprint density at radius 2 is 2.00 bits per heavy atom. The predicted molar refractivity (Wildman–Crippen MR) is 122 cm³/mol. The summed E-state index contributed by atoms with van der Waals surface area (Å²) in [6, 6.07) is 11.5. The molecule has 0 aliphatic carbocycles. The molecule has 0 spiro atoms. The first-order chi connectivity index (χ1) is 15.5. The highest BCUT2D eigenvalue weighted by atomic mass is 16.5. The van der Waals surface area contributed by atoms with Crippen molar-refractivity contribution in [1.29, 1.82) is 0 Å². The summed E-state index contributed by atoms with van der Waals surface area (Å²) in [7, 11) is 0. The van der Waals surface area contributed by atoms with Crippen LogP contribution in [0, 0.1) is 13.8 Å². The van der Waals surface area contributed by atoms with Crippen LogP contribution < -0.4 is 15.6 Å². The molecule has 0 radical (unpaired) electrons. The second-order valence-corrected chi connectivity index (χ2v) is 7.35. The molecule has 0 aliphatic rings. The number of aromatic nitrogens is 3. The van der Waals surface area contributed by atoms with Crippen LogP contribution in [0.4, 0.5) is 11.7 Å². The van der Waals surface area contributed by atoms with Crippen LogP contribution in [0.3, 0.4) is 0 Å². The smallest absolute Gasteiger partial charge is 0.299 e. The number of aryl methyl sites for hydroxylation is 2. The second-order valence-electron chi connectivity index (χ2n) is 7.35. The van der Waals surface area contributed by atoms with Crippen LogP contribution in [0.15, 0.2) is 64.2 Å². The molecule has 0 amide bonds. The van der Waals surface area contributed by atoms with Gasteiger partial charge in [-0.3, -0.25) is 9.78 Å². The number of oxazole rings is 1. The molecule has 164 valence electrons. The van der Waals surface area contributed by atoms with Gasteiger partial charge in [0.2, 0.25) is 0 Å². The summed E-state index contributed by atoms with van der Waals surface area (Å²) in [5.74, 6) is 1.25. The zero-order valence-electron chi connectivity index (χ0n) is 17.9. The standard InChI is InChI=1S/C24H24N4O4/c1-15-4-5-18(31-11-3-10-29)13-19(15)28-24-27-14-21(32-24)17-7-9-25-20(12-17)22-16(2)6-8-26-23(22)30/h4-9,12-14,29H,3,10-11H2,1-2H3,(H,26,30)(H,27,28). The Bertz CT molecular complexity index is 1280. The average Bonchev–Trinajstić information content (AvgIpc) is 3.25. The fourth-order valence-corrected chi connectivity index (χ4v) is 3.28. The number of anilines is 2. The first-order valence-corrected chi connectivity index (χ1v) is 10.3. The van der Waals surface area contributed by atoms with Gasteiger partial charge in [0, 0.05) is 42.7 Å². The summed E-state index contributed by atoms with van der Waals surface area (Å²) < 4.78 is 11.6. The summed E-state index contributed by atoms with van der Waals surface area (Å²) in [6.07, 6.45) is 5.46. The molecule has 3 N–H and O–H groups in total. The normalized spacial score (nSPS) is 10.8. The van der Waals surface area contributed by atoms with E-state index in [0.717, 1.165) is 22.4 Å². The van der Waals surface area contributed by atoms with Crippen molar-refractivity contribution in [2.24, 2.45) is 0 Å². The van der Waals surface area contributed by atoms with Crippen molar-refractivity contribution >= 4 is 11.7 Å². The number of nitrogens with one attached hydrogen (secondary N) is 2. The zero-order valence-corrected chi connectivity index (χ0v) is 17.9. The number of aromatic amines is 1. The summed E-state index contributed by atoms with van der Waals surface area (Å²) in [5, 5.41) is 12.1. The monoisotopic (exact) mass is 432 g/mol. The van der Waals surface area contributed by atoms with Gasteiger partial charge in [0.05, 0.1) is 24.1 Å². The average molecular weight is 432 g/mol. The van der Waals surface area contributed by atoms with Crippen LogP contribution in [0.5, 0.6) is 5.75 Å². The van der Waals surface area contributed by atoms with Gasteiger partial charge in [0.1, 0.15) is 5.75 Å². The summed E-state index contributed by atoms with van der Waals surface area (Å²) >= 11 is 0. The topological polar surface area (TPSA) is 113 Å². The van der Waals surface area contributed by atoms with Crippen molar-refractivity contribution < 1.29 is 14.3 Å². The van der Waals surface area contributed by atoms with Crippen molar-refractivity contribution in [3.8, 4) is 28.3 Å². The largest absolute Gasteiger partial charge is 0.493 e. The van der Waals surface area contributed by atoms with Crippen molar-refractivity contribution in [3.05, 3.63) is 76.5 Å². The first-order valence-electron chi connectivity index (χ1n) is 10.3. The van der Waals surface area contributed by atoms with Crippen LogP contribution in [0.1, 0.15) is 17.5 Å². The van der Waals surface area contributed by atoms with Crippen LogP contribution in [-0.4, -0.2) is 33.3 Å². The number of hydrogen-bond acceptors (Lipinski definition) is 7. The quantitative estimate of drug-likeness (QED) is 0.357. The Labute approximate surface area is 184 Å². The lowest BCUT2D eigenvalue weighted by Crippen LogP contribution is -2.10. The number of rotatable bonds is 8. The van der Waals surface area contributed by atoms with Crippen LogP contribution in [-0.2, 0) is 0 Å². The van der Waals surface area contributed by atoms with Gasteiger partial charge in [-0.05, 0) is 49.2 Å². The summed E-state index contributed by atoms with van der Waals surface area (Å²) in [6.45, 7) is 4.37. The molecule has 0 saturated heterocycles.